The third kappa shape index (κ3) is 3.20. The third-order valence-electron chi connectivity index (χ3n) is 6.93. The molecular formula is C29H27NO2. The van der Waals surface area contributed by atoms with Gasteiger partial charge in [-0.15, -0.1) is 0 Å². The lowest BCUT2D eigenvalue weighted by Gasteiger charge is -2.32. The van der Waals surface area contributed by atoms with Crippen LogP contribution in [-0.2, 0) is 9.59 Å². The number of carbonyl (C=O) groups excluding carboxylic acids is 2. The number of anilines is 1. The number of carbonyl (C=O) groups is 2. The van der Waals surface area contributed by atoms with Gasteiger partial charge in [-0.3, -0.25) is 9.59 Å². The number of amides is 2. The molecule has 3 heteroatoms. The Hall–Kier alpha value is -3.46. The van der Waals surface area contributed by atoms with Crippen molar-refractivity contribution in [1.29, 1.82) is 0 Å². The molecular weight excluding hydrogens is 394 g/mol. The van der Waals surface area contributed by atoms with Gasteiger partial charge in [-0.2, -0.15) is 0 Å². The Labute approximate surface area is 189 Å². The number of nitrogens with zero attached hydrogens (tertiary/aromatic N) is 1. The predicted molar refractivity (Wildman–Crippen MR) is 128 cm³/mol. The van der Waals surface area contributed by atoms with Gasteiger partial charge in [0, 0.05) is 11.8 Å². The molecule has 0 radical (unpaired) electrons. The first-order chi connectivity index (χ1) is 15.5. The second kappa shape index (κ2) is 7.90. The monoisotopic (exact) mass is 421 g/mol. The second-order valence-corrected chi connectivity index (χ2v) is 9.07. The Morgan fingerprint density at radius 3 is 1.44 bits per heavy atom. The standard InChI is InChI=1S/C29H27NO2/c1-18-16-19(2)27(20(3)17-18)30-28(31)25-23(21-10-6-4-7-11-21)14-15-24(26(25)29(30)32)22-12-8-5-9-13-22/h4-17,23-26H,1-3H3. The summed E-state index contributed by atoms with van der Waals surface area (Å²) in [6.45, 7) is 6.01. The maximum atomic E-state index is 14.0. The van der Waals surface area contributed by atoms with E-state index in [9.17, 15) is 9.59 Å². The zero-order valence-electron chi connectivity index (χ0n) is 18.7. The summed E-state index contributed by atoms with van der Waals surface area (Å²) in [4.78, 5) is 29.4. The minimum Gasteiger partial charge on any atom is -0.274 e. The number of hydrogen-bond acceptors (Lipinski definition) is 2. The first kappa shape index (κ1) is 20.4. The summed E-state index contributed by atoms with van der Waals surface area (Å²) in [7, 11) is 0. The quantitative estimate of drug-likeness (QED) is 0.393. The summed E-state index contributed by atoms with van der Waals surface area (Å²) < 4.78 is 0. The molecule has 0 N–H and O–H groups in total. The number of fused-ring (bicyclic) bond motifs is 1. The maximum absolute atomic E-state index is 14.0. The SMILES string of the molecule is Cc1cc(C)c(N2C(=O)C3C(c4ccccc4)C=CC(c4ccccc4)C3C2=O)c(C)c1. The summed E-state index contributed by atoms with van der Waals surface area (Å²) in [6.07, 6.45) is 4.27. The summed E-state index contributed by atoms with van der Waals surface area (Å²) in [5.41, 5.74) is 5.95. The van der Waals surface area contributed by atoms with E-state index in [2.05, 4.69) is 36.4 Å². The highest BCUT2D eigenvalue weighted by Gasteiger charge is 2.55. The number of imide groups is 1. The van der Waals surface area contributed by atoms with Gasteiger partial charge in [0.25, 0.3) is 0 Å². The highest BCUT2D eigenvalue weighted by Crippen LogP contribution is 2.50. The van der Waals surface area contributed by atoms with Gasteiger partial charge in [0.15, 0.2) is 0 Å². The molecule has 1 heterocycles. The highest BCUT2D eigenvalue weighted by atomic mass is 16.2. The number of benzene rings is 3. The van der Waals surface area contributed by atoms with Gasteiger partial charge in [-0.05, 0) is 43.0 Å². The number of hydrogen-bond donors (Lipinski definition) is 0. The van der Waals surface area contributed by atoms with Crippen LogP contribution in [0.3, 0.4) is 0 Å². The van der Waals surface area contributed by atoms with Crippen molar-refractivity contribution in [3.05, 3.63) is 113 Å². The van der Waals surface area contributed by atoms with Crippen molar-refractivity contribution in [2.75, 3.05) is 4.90 Å². The van der Waals surface area contributed by atoms with E-state index in [1.807, 2.05) is 69.3 Å². The van der Waals surface area contributed by atoms with E-state index < -0.39 is 11.8 Å². The van der Waals surface area contributed by atoms with Crippen LogP contribution >= 0.6 is 0 Å². The van der Waals surface area contributed by atoms with E-state index in [-0.39, 0.29) is 23.7 Å². The zero-order chi connectivity index (χ0) is 22.4. The van der Waals surface area contributed by atoms with Gasteiger partial charge in [0.05, 0.1) is 17.5 Å². The molecule has 1 saturated heterocycles. The summed E-state index contributed by atoms with van der Waals surface area (Å²) in [5.74, 6) is -1.24. The molecule has 4 unspecified atom stereocenters. The molecule has 3 aromatic carbocycles. The van der Waals surface area contributed by atoms with E-state index in [1.165, 1.54) is 4.90 Å². The molecule has 3 aromatic rings. The minimum absolute atomic E-state index is 0.0887. The largest absolute Gasteiger partial charge is 0.274 e. The first-order valence-electron chi connectivity index (χ1n) is 11.2. The lowest BCUT2D eigenvalue weighted by Crippen LogP contribution is -2.33. The molecule has 32 heavy (non-hydrogen) atoms. The molecule has 5 rings (SSSR count). The fraction of sp³-hybridized carbons (Fsp3) is 0.241. The molecule has 1 aliphatic heterocycles. The number of rotatable bonds is 3. The van der Waals surface area contributed by atoms with Gasteiger partial charge in [-0.1, -0.05) is 90.5 Å². The molecule has 2 amide bonds. The molecule has 1 aliphatic carbocycles. The number of allylic oxidation sites excluding steroid dienone is 2. The molecule has 2 aliphatic rings. The van der Waals surface area contributed by atoms with Crippen LogP contribution in [0.5, 0.6) is 0 Å². The molecule has 160 valence electrons. The van der Waals surface area contributed by atoms with Crippen molar-refractivity contribution in [3.8, 4) is 0 Å². The molecule has 4 atom stereocenters. The van der Waals surface area contributed by atoms with Crippen LogP contribution < -0.4 is 4.90 Å². The van der Waals surface area contributed by atoms with Gasteiger partial charge in [-0.25, -0.2) is 4.90 Å². The van der Waals surface area contributed by atoms with Crippen molar-refractivity contribution in [3.63, 3.8) is 0 Å². The fourth-order valence-corrected chi connectivity index (χ4v) is 5.68. The van der Waals surface area contributed by atoms with Crippen molar-refractivity contribution in [2.45, 2.75) is 32.6 Å². The lowest BCUT2D eigenvalue weighted by atomic mass is 9.68. The Morgan fingerprint density at radius 2 is 1.03 bits per heavy atom. The second-order valence-electron chi connectivity index (χ2n) is 9.07. The average molecular weight is 422 g/mol. The fourth-order valence-electron chi connectivity index (χ4n) is 5.68. The van der Waals surface area contributed by atoms with Gasteiger partial charge >= 0.3 is 0 Å². The van der Waals surface area contributed by atoms with Crippen molar-refractivity contribution >= 4 is 17.5 Å². The Bertz CT molecular complexity index is 1120. The highest BCUT2D eigenvalue weighted by molar-refractivity contribution is 6.23. The van der Waals surface area contributed by atoms with Crippen LogP contribution in [0.15, 0.2) is 84.9 Å². The first-order valence-corrected chi connectivity index (χ1v) is 11.2. The zero-order valence-corrected chi connectivity index (χ0v) is 18.7. The van der Waals surface area contributed by atoms with Crippen LogP contribution in [0, 0.1) is 32.6 Å². The van der Waals surface area contributed by atoms with Crippen LogP contribution in [0.2, 0.25) is 0 Å². The van der Waals surface area contributed by atoms with E-state index in [1.54, 1.807) is 0 Å². The van der Waals surface area contributed by atoms with E-state index >= 15 is 0 Å². The molecule has 0 bridgehead atoms. The molecule has 0 saturated carbocycles. The van der Waals surface area contributed by atoms with E-state index in [0.717, 1.165) is 33.5 Å². The predicted octanol–water partition coefficient (Wildman–Crippen LogP) is 5.85. The minimum atomic E-state index is -0.416. The molecule has 1 fully saturated rings. The van der Waals surface area contributed by atoms with Crippen LogP contribution in [0.25, 0.3) is 0 Å². The summed E-state index contributed by atoms with van der Waals surface area (Å²) in [5, 5.41) is 0. The van der Waals surface area contributed by atoms with Crippen molar-refractivity contribution < 1.29 is 9.59 Å². The van der Waals surface area contributed by atoms with E-state index in [4.69, 9.17) is 0 Å². The molecule has 0 spiro atoms. The van der Waals surface area contributed by atoms with Gasteiger partial charge < -0.3 is 0 Å². The average Bonchev–Trinajstić information content (AvgIpc) is 3.05. The van der Waals surface area contributed by atoms with Gasteiger partial charge in [0.1, 0.15) is 0 Å². The maximum Gasteiger partial charge on any atom is 0.238 e. The topological polar surface area (TPSA) is 37.4 Å². The third-order valence-corrected chi connectivity index (χ3v) is 6.93. The van der Waals surface area contributed by atoms with Crippen LogP contribution in [-0.4, -0.2) is 11.8 Å². The van der Waals surface area contributed by atoms with Crippen LogP contribution in [0.1, 0.15) is 39.7 Å². The number of aryl methyl sites for hydroxylation is 3. The van der Waals surface area contributed by atoms with Crippen LogP contribution in [0.4, 0.5) is 5.69 Å². The molecule has 3 nitrogen and oxygen atoms in total. The Kier molecular flexibility index (Phi) is 5.05. The van der Waals surface area contributed by atoms with E-state index in [0.29, 0.717) is 0 Å². The Morgan fingerprint density at radius 1 is 0.625 bits per heavy atom. The van der Waals surface area contributed by atoms with Crippen molar-refractivity contribution in [1.82, 2.24) is 0 Å². The lowest BCUT2D eigenvalue weighted by molar-refractivity contribution is -0.122. The summed E-state index contributed by atoms with van der Waals surface area (Å²) >= 11 is 0. The van der Waals surface area contributed by atoms with Crippen molar-refractivity contribution in [2.24, 2.45) is 11.8 Å². The normalized spacial score (nSPS) is 24.7. The summed E-state index contributed by atoms with van der Waals surface area (Å²) in [6, 6.07) is 24.2. The van der Waals surface area contributed by atoms with Gasteiger partial charge in [0.2, 0.25) is 11.8 Å². The Balaban J connectivity index is 1.67. The molecule has 0 aromatic heterocycles. The smallest absolute Gasteiger partial charge is 0.238 e.